The zero-order valence-corrected chi connectivity index (χ0v) is 11.4. The van der Waals surface area contributed by atoms with Gasteiger partial charge in [-0.1, -0.05) is 18.2 Å². The number of aromatic carboxylic acids is 1. The molecule has 0 aliphatic heterocycles. The quantitative estimate of drug-likeness (QED) is 0.772. The minimum Gasteiger partial charge on any atom is -0.478 e. The molecule has 18 heavy (non-hydrogen) atoms. The third-order valence-electron chi connectivity index (χ3n) is 2.26. The van der Waals surface area contributed by atoms with E-state index in [0.717, 1.165) is 0 Å². The average molecular weight is 272 g/mol. The predicted octanol–water partition coefficient (Wildman–Crippen LogP) is 3.15. The molecule has 0 heterocycles. The first-order valence-corrected chi connectivity index (χ1v) is 7.44. The maximum absolute atomic E-state index is 12.3. The molecular weight excluding hydrogens is 255 g/mol. The van der Waals surface area contributed by atoms with Crippen molar-refractivity contribution < 1.29 is 23.5 Å². The molecule has 0 saturated carbocycles. The second kappa shape index (κ2) is 6.69. The van der Waals surface area contributed by atoms with Crippen LogP contribution in [0, 0.1) is 0 Å². The first kappa shape index (κ1) is 14.9. The molecule has 0 bridgehead atoms. The van der Waals surface area contributed by atoms with Crippen LogP contribution >= 0.6 is 7.60 Å². The highest BCUT2D eigenvalue weighted by molar-refractivity contribution is 7.53. The van der Waals surface area contributed by atoms with Crippen LogP contribution in [-0.2, 0) is 19.8 Å². The Balaban J connectivity index is 3.01. The zero-order valence-electron chi connectivity index (χ0n) is 10.5. The van der Waals surface area contributed by atoms with E-state index in [2.05, 4.69) is 0 Å². The van der Waals surface area contributed by atoms with Gasteiger partial charge in [-0.15, -0.1) is 0 Å². The Morgan fingerprint density at radius 2 is 1.78 bits per heavy atom. The molecule has 0 unspecified atom stereocenters. The van der Waals surface area contributed by atoms with Gasteiger partial charge in [0, 0.05) is 0 Å². The molecule has 1 N–H and O–H groups in total. The van der Waals surface area contributed by atoms with Crippen molar-refractivity contribution in [3.8, 4) is 0 Å². The van der Waals surface area contributed by atoms with Gasteiger partial charge in [0.25, 0.3) is 0 Å². The van der Waals surface area contributed by atoms with E-state index in [1.165, 1.54) is 6.07 Å². The van der Waals surface area contributed by atoms with E-state index in [1.807, 2.05) is 0 Å². The Labute approximate surface area is 106 Å². The van der Waals surface area contributed by atoms with E-state index in [-0.39, 0.29) is 24.9 Å². The Hall–Kier alpha value is -1.16. The summed E-state index contributed by atoms with van der Waals surface area (Å²) in [5.74, 6) is -1.05. The normalized spacial score (nSPS) is 11.4. The van der Waals surface area contributed by atoms with Crippen molar-refractivity contribution in [3.05, 3.63) is 35.4 Å². The monoisotopic (exact) mass is 272 g/mol. The van der Waals surface area contributed by atoms with Gasteiger partial charge < -0.3 is 14.2 Å². The highest BCUT2D eigenvalue weighted by Gasteiger charge is 2.26. The second-order valence-electron chi connectivity index (χ2n) is 3.57. The summed E-state index contributed by atoms with van der Waals surface area (Å²) in [6.07, 6.45) is -0.0306. The van der Waals surface area contributed by atoms with Crippen molar-refractivity contribution in [1.82, 2.24) is 0 Å². The third kappa shape index (κ3) is 3.95. The maximum atomic E-state index is 12.3. The molecule has 0 spiro atoms. The first-order valence-electron chi connectivity index (χ1n) is 5.71. The van der Waals surface area contributed by atoms with E-state index < -0.39 is 13.6 Å². The molecule has 0 aromatic heterocycles. The van der Waals surface area contributed by atoms with E-state index in [4.69, 9.17) is 14.2 Å². The van der Waals surface area contributed by atoms with Gasteiger partial charge in [0.2, 0.25) is 0 Å². The molecule has 0 aliphatic rings. The summed E-state index contributed by atoms with van der Waals surface area (Å²) in [7, 11) is -3.27. The fourth-order valence-electron chi connectivity index (χ4n) is 1.60. The highest BCUT2D eigenvalue weighted by Crippen LogP contribution is 2.51. The highest BCUT2D eigenvalue weighted by atomic mass is 31.2. The number of carbonyl (C=O) groups is 1. The Kier molecular flexibility index (Phi) is 5.54. The Morgan fingerprint density at radius 1 is 1.22 bits per heavy atom. The number of hydrogen-bond donors (Lipinski definition) is 1. The molecule has 0 aliphatic carbocycles. The molecule has 0 atom stereocenters. The minimum atomic E-state index is -3.27. The van der Waals surface area contributed by atoms with Gasteiger partial charge in [-0.25, -0.2) is 4.79 Å². The van der Waals surface area contributed by atoms with Crippen molar-refractivity contribution in [1.29, 1.82) is 0 Å². The number of rotatable bonds is 7. The van der Waals surface area contributed by atoms with Crippen LogP contribution in [0.4, 0.5) is 0 Å². The van der Waals surface area contributed by atoms with Crippen molar-refractivity contribution >= 4 is 13.6 Å². The third-order valence-corrected chi connectivity index (χ3v) is 4.29. The second-order valence-corrected chi connectivity index (χ2v) is 5.62. The van der Waals surface area contributed by atoms with E-state index in [1.54, 1.807) is 32.0 Å². The molecule has 5 nitrogen and oxygen atoms in total. The summed E-state index contributed by atoms with van der Waals surface area (Å²) < 4.78 is 22.6. The van der Waals surface area contributed by atoms with Gasteiger partial charge in [-0.05, 0) is 25.5 Å². The van der Waals surface area contributed by atoms with Gasteiger partial charge >= 0.3 is 13.6 Å². The summed E-state index contributed by atoms with van der Waals surface area (Å²) in [5.41, 5.74) is 0.576. The van der Waals surface area contributed by atoms with Crippen LogP contribution in [0.1, 0.15) is 29.8 Å². The lowest BCUT2D eigenvalue weighted by Crippen LogP contribution is -2.05. The Morgan fingerprint density at radius 3 is 2.28 bits per heavy atom. The standard InChI is InChI=1S/C12H17O5P/c1-3-16-18(15,17-4-2)9-10-7-5-6-8-11(10)12(13)14/h5-8H,3-4,9H2,1-2H3,(H,13,14). The molecule has 0 amide bonds. The zero-order chi connectivity index (χ0) is 13.6. The van der Waals surface area contributed by atoms with Crippen LogP contribution in [0.2, 0.25) is 0 Å². The average Bonchev–Trinajstić information content (AvgIpc) is 2.29. The fourth-order valence-corrected chi connectivity index (χ4v) is 3.33. The molecule has 1 aromatic carbocycles. The van der Waals surface area contributed by atoms with Crippen LogP contribution in [0.3, 0.4) is 0 Å². The summed E-state index contributed by atoms with van der Waals surface area (Å²) in [6.45, 7) is 3.95. The van der Waals surface area contributed by atoms with Gasteiger partial charge in [-0.2, -0.15) is 0 Å². The van der Waals surface area contributed by atoms with Gasteiger partial charge in [0.1, 0.15) is 0 Å². The Bertz CT molecular complexity index is 448. The van der Waals surface area contributed by atoms with Gasteiger partial charge in [0.15, 0.2) is 0 Å². The molecule has 1 rings (SSSR count). The molecule has 0 radical (unpaired) electrons. The SMILES string of the molecule is CCOP(=O)(Cc1ccccc1C(=O)O)OCC. The van der Waals surface area contributed by atoms with E-state index in [9.17, 15) is 9.36 Å². The van der Waals surface area contributed by atoms with Crippen molar-refractivity contribution in [2.24, 2.45) is 0 Å². The van der Waals surface area contributed by atoms with Crippen molar-refractivity contribution in [2.45, 2.75) is 20.0 Å². The summed E-state index contributed by atoms with van der Waals surface area (Å²) in [6, 6.07) is 6.41. The minimum absolute atomic E-state index is 0.0306. The molecule has 6 heteroatoms. The topological polar surface area (TPSA) is 72.8 Å². The number of carboxylic acids is 1. The van der Waals surface area contributed by atoms with Gasteiger partial charge in [-0.3, -0.25) is 4.57 Å². The first-order chi connectivity index (χ1) is 8.52. The summed E-state index contributed by atoms with van der Waals surface area (Å²) >= 11 is 0. The summed E-state index contributed by atoms with van der Waals surface area (Å²) in [4.78, 5) is 11.1. The summed E-state index contributed by atoms with van der Waals surface area (Å²) in [5, 5.41) is 9.05. The smallest absolute Gasteiger partial charge is 0.335 e. The van der Waals surface area contributed by atoms with Crippen LogP contribution in [-0.4, -0.2) is 24.3 Å². The van der Waals surface area contributed by atoms with E-state index >= 15 is 0 Å². The van der Waals surface area contributed by atoms with E-state index in [0.29, 0.717) is 5.56 Å². The molecule has 100 valence electrons. The van der Waals surface area contributed by atoms with Crippen LogP contribution in [0.25, 0.3) is 0 Å². The van der Waals surface area contributed by atoms with Crippen LogP contribution in [0.5, 0.6) is 0 Å². The molecular formula is C12H17O5P. The number of carboxylic acid groups (broad SMARTS) is 1. The maximum Gasteiger partial charge on any atom is 0.335 e. The lowest BCUT2D eigenvalue weighted by atomic mass is 10.1. The van der Waals surface area contributed by atoms with Crippen molar-refractivity contribution in [3.63, 3.8) is 0 Å². The molecule has 1 aromatic rings. The fraction of sp³-hybridized carbons (Fsp3) is 0.417. The number of benzene rings is 1. The molecule has 0 saturated heterocycles. The molecule has 0 fully saturated rings. The lowest BCUT2D eigenvalue weighted by Gasteiger charge is -2.17. The number of hydrogen-bond acceptors (Lipinski definition) is 4. The lowest BCUT2D eigenvalue weighted by molar-refractivity contribution is 0.0696. The largest absolute Gasteiger partial charge is 0.478 e. The van der Waals surface area contributed by atoms with Gasteiger partial charge in [0.05, 0.1) is 24.9 Å². The van der Waals surface area contributed by atoms with Crippen LogP contribution < -0.4 is 0 Å². The predicted molar refractivity (Wildman–Crippen MR) is 68.0 cm³/mol. The van der Waals surface area contributed by atoms with Crippen LogP contribution in [0.15, 0.2) is 24.3 Å². The van der Waals surface area contributed by atoms with Crippen molar-refractivity contribution in [2.75, 3.05) is 13.2 Å².